The lowest BCUT2D eigenvalue weighted by molar-refractivity contribution is 0.0169. The Morgan fingerprint density at radius 3 is 2.76 bits per heavy atom. The van der Waals surface area contributed by atoms with Gasteiger partial charge in [0, 0.05) is 32.2 Å². The first-order valence-corrected chi connectivity index (χ1v) is 10.2. The molecule has 1 aromatic rings. The summed E-state index contributed by atoms with van der Waals surface area (Å²) in [6, 6.07) is 4.68. The molecule has 2 aliphatic rings. The Labute approximate surface area is 148 Å². The van der Waals surface area contributed by atoms with Crippen LogP contribution in [0.15, 0.2) is 23.1 Å². The van der Waals surface area contributed by atoms with Crippen LogP contribution in [0, 0.1) is 0 Å². The summed E-state index contributed by atoms with van der Waals surface area (Å²) in [7, 11) is -3.57. The summed E-state index contributed by atoms with van der Waals surface area (Å²) in [4.78, 5) is 0.178. The van der Waals surface area contributed by atoms with E-state index in [1.807, 2.05) is 0 Å². The largest absolute Gasteiger partial charge is 0.490 e. The predicted molar refractivity (Wildman–Crippen MR) is 91.6 cm³/mol. The molecule has 1 N–H and O–H groups in total. The van der Waals surface area contributed by atoms with Crippen LogP contribution >= 0.6 is 0 Å². The normalized spacial score (nSPS) is 20.4. The monoisotopic (exact) mass is 371 g/mol. The summed E-state index contributed by atoms with van der Waals surface area (Å²) >= 11 is 0. The molecule has 0 radical (unpaired) electrons. The Balaban J connectivity index is 1.44. The minimum Gasteiger partial charge on any atom is -0.490 e. The Bertz CT molecular complexity index is 657. The summed E-state index contributed by atoms with van der Waals surface area (Å²) in [6.07, 6.45) is 3.70. The van der Waals surface area contributed by atoms with Gasteiger partial charge in [-0.1, -0.05) is 0 Å². The van der Waals surface area contributed by atoms with Crippen molar-refractivity contribution in [2.75, 3.05) is 39.6 Å². The predicted octanol–water partition coefficient (Wildman–Crippen LogP) is 1.71. The van der Waals surface area contributed by atoms with Crippen LogP contribution in [0.5, 0.6) is 11.5 Å². The van der Waals surface area contributed by atoms with E-state index in [1.165, 1.54) is 12.1 Å². The van der Waals surface area contributed by atoms with E-state index < -0.39 is 10.0 Å². The van der Waals surface area contributed by atoms with Gasteiger partial charge in [-0.05, 0) is 31.4 Å². The average molecular weight is 371 g/mol. The topological polar surface area (TPSA) is 83.1 Å². The molecule has 0 spiro atoms. The molecule has 0 aromatic heterocycles. The van der Waals surface area contributed by atoms with Gasteiger partial charge in [-0.25, -0.2) is 13.1 Å². The zero-order valence-electron chi connectivity index (χ0n) is 14.2. The molecular formula is C17H25NO6S. The van der Waals surface area contributed by atoms with Gasteiger partial charge in [0.05, 0.1) is 30.8 Å². The van der Waals surface area contributed by atoms with Crippen LogP contribution < -0.4 is 14.2 Å². The molecule has 0 amide bonds. The number of hydrogen-bond donors (Lipinski definition) is 1. The van der Waals surface area contributed by atoms with Gasteiger partial charge in [-0.15, -0.1) is 0 Å². The van der Waals surface area contributed by atoms with Crippen molar-refractivity contribution in [3.05, 3.63) is 18.2 Å². The zero-order valence-corrected chi connectivity index (χ0v) is 15.1. The lowest BCUT2D eigenvalue weighted by atomic mass is 10.2. The Morgan fingerprint density at radius 2 is 1.96 bits per heavy atom. The molecule has 0 aliphatic carbocycles. The first-order chi connectivity index (χ1) is 12.1. The molecule has 8 heteroatoms. The van der Waals surface area contributed by atoms with Crippen molar-refractivity contribution in [1.29, 1.82) is 0 Å². The smallest absolute Gasteiger partial charge is 0.240 e. The molecule has 1 fully saturated rings. The third-order valence-corrected chi connectivity index (χ3v) is 5.57. The second kappa shape index (κ2) is 8.84. The van der Waals surface area contributed by atoms with Crippen LogP contribution in [0.3, 0.4) is 0 Å². The SMILES string of the molecule is O=S(=O)(NCCCOC[C@@H]1CCCO1)c1ccc2c(c1)OCCCO2. The van der Waals surface area contributed by atoms with Crippen LogP contribution in [-0.4, -0.2) is 54.1 Å². The lowest BCUT2D eigenvalue weighted by Gasteiger charge is -2.12. The summed E-state index contributed by atoms with van der Waals surface area (Å²) in [5.74, 6) is 1.05. The second-order valence-corrected chi connectivity index (χ2v) is 7.89. The quantitative estimate of drug-likeness (QED) is 0.701. The highest BCUT2D eigenvalue weighted by Crippen LogP contribution is 2.31. The molecule has 1 atom stereocenters. The maximum atomic E-state index is 12.4. The Hall–Kier alpha value is -1.35. The molecule has 0 bridgehead atoms. The van der Waals surface area contributed by atoms with Gasteiger partial charge in [-0.3, -0.25) is 0 Å². The van der Waals surface area contributed by atoms with Crippen LogP contribution in [0.2, 0.25) is 0 Å². The molecule has 1 aromatic carbocycles. The highest BCUT2D eigenvalue weighted by atomic mass is 32.2. The van der Waals surface area contributed by atoms with Crippen molar-refractivity contribution < 1.29 is 27.4 Å². The minimum absolute atomic E-state index is 0.178. The molecule has 140 valence electrons. The van der Waals surface area contributed by atoms with Gasteiger partial charge in [0.15, 0.2) is 11.5 Å². The van der Waals surface area contributed by atoms with E-state index >= 15 is 0 Å². The number of fused-ring (bicyclic) bond motifs is 1. The van der Waals surface area contributed by atoms with E-state index in [0.29, 0.717) is 50.9 Å². The fraction of sp³-hybridized carbons (Fsp3) is 0.647. The first-order valence-electron chi connectivity index (χ1n) is 8.74. The van der Waals surface area contributed by atoms with Crippen molar-refractivity contribution in [2.24, 2.45) is 0 Å². The highest BCUT2D eigenvalue weighted by Gasteiger charge is 2.18. The van der Waals surface area contributed by atoms with Crippen molar-refractivity contribution in [3.8, 4) is 11.5 Å². The number of rotatable bonds is 8. The number of nitrogens with one attached hydrogen (secondary N) is 1. The van der Waals surface area contributed by atoms with Crippen molar-refractivity contribution in [3.63, 3.8) is 0 Å². The molecular weight excluding hydrogens is 346 g/mol. The van der Waals surface area contributed by atoms with E-state index in [-0.39, 0.29) is 11.0 Å². The molecule has 2 heterocycles. The van der Waals surface area contributed by atoms with Gasteiger partial charge in [-0.2, -0.15) is 0 Å². The van der Waals surface area contributed by atoms with Gasteiger partial charge in [0.2, 0.25) is 10.0 Å². The molecule has 3 rings (SSSR count). The van der Waals surface area contributed by atoms with Crippen LogP contribution in [0.25, 0.3) is 0 Å². The fourth-order valence-corrected chi connectivity index (χ4v) is 3.85. The zero-order chi connectivity index (χ0) is 17.5. The molecule has 1 saturated heterocycles. The van der Waals surface area contributed by atoms with E-state index in [9.17, 15) is 8.42 Å². The molecule has 0 saturated carbocycles. The van der Waals surface area contributed by atoms with Gasteiger partial charge < -0.3 is 18.9 Å². The van der Waals surface area contributed by atoms with Crippen LogP contribution in [-0.2, 0) is 19.5 Å². The van der Waals surface area contributed by atoms with Gasteiger partial charge in [0.1, 0.15) is 0 Å². The molecule has 7 nitrogen and oxygen atoms in total. The Kier molecular flexibility index (Phi) is 6.52. The highest BCUT2D eigenvalue weighted by molar-refractivity contribution is 7.89. The minimum atomic E-state index is -3.57. The van der Waals surface area contributed by atoms with Crippen LogP contribution in [0.1, 0.15) is 25.7 Å². The summed E-state index contributed by atoms with van der Waals surface area (Å²) in [5.41, 5.74) is 0. The second-order valence-electron chi connectivity index (χ2n) is 6.12. The Morgan fingerprint density at radius 1 is 1.12 bits per heavy atom. The third kappa shape index (κ3) is 5.31. The van der Waals surface area contributed by atoms with Crippen molar-refractivity contribution >= 4 is 10.0 Å². The molecule has 0 unspecified atom stereocenters. The van der Waals surface area contributed by atoms with Crippen molar-refractivity contribution in [2.45, 2.75) is 36.7 Å². The summed E-state index contributed by atoms with van der Waals surface area (Å²) in [6.45, 7) is 3.30. The van der Waals surface area contributed by atoms with E-state index in [4.69, 9.17) is 18.9 Å². The van der Waals surface area contributed by atoms with E-state index in [0.717, 1.165) is 25.9 Å². The number of hydrogen-bond acceptors (Lipinski definition) is 6. The van der Waals surface area contributed by atoms with Crippen molar-refractivity contribution in [1.82, 2.24) is 4.72 Å². The van der Waals surface area contributed by atoms with E-state index in [1.54, 1.807) is 6.07 Å². The molecule has 2 aliphatic heterocycles. The van der Waals surface area contributed by atoms with Crippen LogP contribution in [0.4, 0.5) is 0 Å². The first kappa shape index (κ1) is 18.4. The number of benzene rings is 1. The maximum absolute atomic E-state index is 12.4. The third-order valence-electron chi connectivity index (χ3n) is 4.11. The average Bonchev–Trinajstić information content (AvgIpc) is 3.01. The summed E-state index contributed by atoms with van der Waals surface area (Å²) in [5, 5.41) is 0. The maximum Gasteiger partial charge on any atom is 0.240 e. The standard InChI is InChI=1S/C17H25NO6S/c19-25(20,18-7-2-8-21-13-14-4-1-9-22-14)15-5-6-16-17(12-15)24-11-3-10-23-16/h5-6,12,14,18H,1-4,7-11,13H2/t14-/m0/s1. The lowest BCUT2D eigenvalue weighted by Crippen LogP contribution is -2.26. The summed E-state index contributed by atoms with van der Waals surface area (Å²) < 4.78 is 49.4. The number of sulfonamides is 1. The molecule has 25 heavy (non-hydrogen) atoms. The van der Waals surface area contributed by atoms with E-state index in [2.05, 4.69) is 4.72 Å². The van der Waals surface area contributed by atoms with Gasteiger partial charge >= 0.3 is 0 Å². The van der Waals surface area contributed by atoms with Gasteiger partial charge in [0.25, 0.3) is 0 Å². The number of ether oxygens (including phenoxy) is 4. The fourth-order valence-electron chi connectivity index (χ4n) is 2.77.